The van der Waals surface area contributed by atoms with Crippen LogP contribution < -0.4 is 4.74 Å². The van der Waals surface area contributed by atoms with E-state index in [9.17, 15) is 9.18 Å². The Morgan fingerprint density at radius 1 is 1.35 bits per heavy atom. The highest BCUT2D eigenvalue weighted by Gasteiger charge is 2.34. The Balaban J connectivity index is 1.66. The van der Waals surface area contributed by atoms with E-state index in [1.165, 1.54) is 23.5 Å². The second-order valence-electron chi connectivity index (χ2n) is 7.18. The summed E-state index contributed by atoms with van der Waals surface area (Å²) in [4.78, 5) is 20.2. The minimum Gasteiger partial charge on any atom is -0.486 e. The largest absolute Gasteiger partial charge is 0.486 e. The van der Waals surface area contributed by atoms with Crippen LogP contribution in [0.2, 0.25) is 0 Å². The van der Waals surface area contributed by atoms with Gasteiger partial charge < -0.3 is 9.64 Å². The van der Waals surface area contributed by atoms with Gasteiger partial charge in [-0.15, -0.1) is 11.3 Å². The van der Waals surface area contributed by atoms with Gasteiger partial charge >= 0.3 is 0 Å². The summed E-state index contributed by atoms with van der Waals surface area (Å²) in [6.45, 7) is 7.31. The zero-order valence-corrected chi connectivity index (χ0v) is 16.3. The third kappa shape index (κ3) is 4.81. The van der Waals surface area contributed by atoms with E-state index < -0.39 is 0 Å². The van der Waals surface area contributed by atoms with E-state index in [0.29, 0.717) is 22.6 Å². The maximum atomic E-state index is 13.0. The van der Waals surface area contributed by atoms with Crippen LogP contribution in [0.4, 0.5) is 4.39 Å². The van der Waals surface area contributed by atoms with Crippen molar-refractivity contribution in [1.82, 2.24) is 9.88 Å². The average Bonchev–Trinajstić information content (AvgIpc) is 3.36. The first kappa shape index (κ1) is 18.8. The highest BCUT2D eigenvalue weighted by atomic mass is 32.1. The van der Waals surface area contributed by atoms with Gasteiger partial charge in [0, 0.05) is 12.6 Å². The van der Waals surface area contributed by atoms with Crippen LogP contribution in [0, 0.1) is 18.7 Å². The molecule has 3 rings (SSSR count). The summed E-state index contributed by atoms with van der Waals surface area (Å²) in [5, 5.41) is 0.759. The van der Waals surface area contributed by atoms with Gasteiger partial charge in [0.05, 0.1) is 5.69 Å². The SMILES string of the molecule is Cc1nc(COc2ccc(F)cc2)sc1C(=O)N(CCC(C)C)C1CC1. The molecule has 140 valence electrons. The van der Waals surface area contributed by atoms with Gasteiger partial charge in [-0.1, -0.05) is 13.8 Å². The first-order chi connectivity index (χ1) is 12.4. The monoisotopic (exact) mass is 376 g/mol. The Hall–Kier alpha value is -1.95. The molecule has 0 bridgehead atoms. The molecule has 6 heteroatoms. The minimum absolute atomic E-state index is 0.0937. The molecule has 0 radical (unpaired) electrons. The molecule has 0 saturated heterocycles. The molecule has 0 unspecified atom stereocenters. The molecule has 4 nitrogen and oxygen atoms in total. The Kier molecular flexibility index (Phi) is 5.91. The number of aryl methyl sites for hydroxylation is 1. The van der Waals surface area contributed by atoms with E-state index in [2.05, 4.69) is 18.8 Å². The number of nitrogens with zero attached hydrogens (tertiary/aromatic N) is 2. The van der Waals surface area contributed by atoms with Crippen molar-refractivity contribution in [2.24, 2.45) is 5.92 Å². The van der Waals surface area contributed by atoms with E-state index >= 15 is 0 Å². The molecular weight excluding hydrogens is 351 g/mol. The van der Waals surface area contributed by atoms with Gasteiger partial charge in [-0.05, 0) is 56.4 Å². The van der Waals surface area contributed by atoms with Crippen LogP contribution >= 0.6 is 11.3 Å². The summed E-state index contributed by atoms with van der Waals surface area (Å²) in [7, 11) is 0. The number of carbonyl (C=O) groups is 1. The van der Waals surface area contributed by atoms with E-state index in [4.69, 9.17) is 4.74 Å². The smallest absolute Gasteiger partial charge is 0.266 e. The fourth-order valence-electron chi connectivity index (χ4n) is 2.75. The first-order valence-electron chi connectivity index (χ1n) is 9.09. The molecule has 26 heavy (non-hydrogen) atoms. The van der Waals surface area contributed by atoms with Gasteiger partial charge in [-0.3, -0.25) is 4.79 Å². The van der Waals surface area contributed by atoms with Crippen LogP contribution in [-0.2, 0) is 6.61 Å². The number of hydrogen-bond donors (Lipinski definition) is 0. The highest BCUT2D eigenvalue weighted by Crippen LogP contribution is 2.31. The first-order valence-corrected chi connectivity index (χ1v) is 9.91. The molecule has 0 aliphatic heterocycles. The molecule has 1 saturated carbocycles. The van der Waals surface area contributed by atoms with Crippen LogP contribution in [0.1, 0.15) is 53.5 Å². The predicted octanol–water partition coefficient (Wildman–Crippen LogP) is 4.82. The Labute approximate surface area is 158 Å². The van der Waals surface area contributed by atoms with Gasteiger partial charge in [0.2, 0.25) is 0 Å². The Morgan fingerprint density at radius 2 is 2.04 bits per heavy atom. The second-order valence-corrected chi connectivity index (χ2v) is 8.26. The van der Waals surface area contributed by atoms with Gasteiger partial charge in [-0.2, -0.15) is 0 Å². The Bertz CT molecular complexity index is 754. The van der Waals surface area contributed by atoms with Crippen molar-refractivity contribution in [3.8, 4) is 5.75 Å². The molecule has 1 aliphatic carbocycles. The standard InChI is InChI=1S/C20H25FN2O2S/c1-13(2)10-11-23(16-6-7-16)20(24)19-14(3)22-18(26-19)12-25-17-8-4-15(21)5-9-17/h4-5,8-9,13,16H,6-7,10-12H2,1-3H3. The zero-order valence-electron chi connectivity index (χ0n) is 15.5. The van der Waals surface area contributed by atoms with Crippen molar-refractivity contribution in [2.75, 3.05) is 6.54 Å². The number of rotatable bonds is 8. The quantitative estimate of drug-likeness (QED) is 0.663. The van der Waals surface area contributed by atoms with E-state index in [1.807, 2.05) is 11.8 Å². The van der Waals surface area contributed by atoms with Crippen molar-refractivity contribution in [3.63, 3.8) is 0 Å². The van der Waals surface area contributed by atoms with Crippen LogP contribution in [-0.4, -0.2) is 28.4 Å². The van der Waals surface area contributed by atoms with Crippen molar-refractivity contribution >= 4 is 17.2 Å². The lowest BCUT2D eigenvalue weighted by atomic mass is 10.1. The lowest BCUT2D eigenvalue weighted by Crippen LogP contribution is -2.34. The molecule has 2 aromatic rings. The van der Waals surface area contributed by atoms with Crippen LogP contribution in [0.5, 0.6) is 5.75 Å². The van der Waals surface area contributed by atoms with Crippen LogP contribution in [0.3, 0.4) is 0 Å². The molecule has 0 N–H and O–H groups in total. The third-order valence-corrected chi connectivity index (χ3v) is 5.53. The molecule has 1 heterocycles. The number of ether oxygens (including phenoxy) is 1. The number of aromatic nitrogens is 1. The summed E-state index contributed by atoms with van der Waals surface area (Å²) in [5.74, 6) is 0.961. The molecule has 0 spiro atoms. The van der Waals surface area contributed by atoms with Crippen molar-refractivity contribution in [2.45, 2.75) is 52.7 Å². The van der Waals surface area contributed by atoms with Crippen LogP contribution in [0.25, 0.3) is 0 Å². The van der Waals surface area contributed by atoms with Crippen LogP contribution in [0.15, 0.2) is 24.3 Å². The number of carbonyl (C=O) groups excluding carboxylic acids is 1. The average molecular weight is 376 g/mol. The topological polar surface area (TPSA) is 42.4 Å². The van der Waals surface area contributed by atoms with Gasteiger partial charge in [0.25, 0.3) is 5.91 Å². The normalized spacial score (nSPS) is 13.9. The Morgan fingerprint density at radius 3 is 2.65 bits per heavy atom. The molecule has 1 aromatic carbocycles. The third-order valence-electron chi connectivity index (χ3n) is 4.41. The molecule has 1 aromatic heterocycles. The number of amides is 1. The fourth-order valence-corrected chi connectivity index (χ4v) is 3.69. The molecule has 1 amide bonds. The summed E-state index contributed by atoms with van der Waals surface area (Å²) < 4.78 is 18.6. The van der Waals surface area contributed by atoms with E-state index in [-0.39, 0.29) is 18.3 Å². The molecule has 1 fully saturated rings. The highest BCUT2D eigenvalue weighted by molar-refractivity contribution is 7.13. The summed E-state index contributed by atoms with van der Waals surface area (Å²) in [6.07, 6.45) is 3.21. The van der Waals surface area contributed by atoms with Gasteiger partial charge in [0.1, 0.15) is 28.1 Å². The molecule has 0 atom stereocenters. The number of halogens is 1. The maximum absolute atomic E-state index is 13.0. The number of hydrogen-bond acceptors (Lipinski definition) is 4. The minimum atomic E-state index is -0.295. The van der Waals surface area contributed by atoms with Crippen molar-refractivity contribution in [3.05, 3.63) is 45.7 Å². The zero-order chi connectivity index (χ0) is 18.7. The van der Waals surface area contributed by atoms with Gasteiger partial charge in [-0.25, -0.2) is 9.37 Å². The molecular formula is C20H25FN2O2S. The van der Waals surface area contributed by atoms with E-state index in [0.717, 1.165) is 36.5 Å². The molecule has 1 aliphatic rings. The lowest BCUT2D eigenvalue weighted by Gasteiger charge is -2.23. The number of benzene rings is 1. The summed E-state index contributed by atoms with van der Waals surface area (Å²) in [5.41, 5.74) is 0.757. The fraction of sp³-hybridized carbons (Fsp3) is 0.500. The summed E-state index contributed by atoms with van der Waals surface area (Å²) >= 11 is 1.40. The lowest BCUT2D eigenvalue weighted by molar-refractivity contribution is 0.0739. The van der Waals surface area contributed by atoms with Gasteiger partial charge in [0.15, 0.2) is 0 Å². The van der Waals surface area contributed by atoms with Crippen molar-refractivity contribution < 1.29 is 13.9 Å². The second kappa shape index (κ2) is 8.16. The van der Waals surface area contributed by atoms with Crippen molar-refractivity contribution in [1.29, 1.82) is 0 Å². The van der Waals surface area contributed by atoms with E-state index in [1.54, 1.807) is 12.1 Å². The maximum Gasteiger partial charge on any atom is 0.266 e. The predicted molar refractivity (Wildman–Crippen MR) is 101 cm³/mol. The summed E-state index contributed by atoms with van der Waals surface area (Å²) in [6, 6.07) is 6.28. The number of thiazole rings is 1.